The van der Waals surface area contributed by atoms with E-state index in [1.807, 2.05) is 54.1 Å². The molecule has 0 aliphatic carbocycles. The van der Waals surface area contributed by atoms with Crippen LogP contribution in [0.3, 0.4) is 0 Å². The number of benzene rings is 2. The van der Waals surface area contributed by atoms with Gasteiger partial charge in [-0.15, -0.1) is 11.3 Å². The first-order chi connectivity index (χ1) is 19.3. The summed E-state index contributed by atoms with van der Waals surface area (Å²) in [6, 6.07) is 18.3. The number of nitrogens with zero attached hydrogens (tertiary/aromatic N) is 4. The van der Waals surface area contributed by atoms with Gasteiger partial charge < -0.3 is 19.7 Å². The highest BCUT2D eigenvalue weighted by atomic mass is 32.1. The number of amides is 3. The number of carbonyl (C=O) groups excluding carboxylic acids is 3. The molecule has 2 N–H and O–H groups in total. The second kappa shape index (κ2) is 11.6. The topological polar surface area (TPSA) is 99.6 Å². The minimum atomic E-state index is -0.280. The van der Waals surface area contributed by atoms with Gasteiger partial charge in [0, 0.05) is 68.6 Å². The average molecular weight is 555 g/mol. The lowest BCUT2D eigenvalue weighted by atomic mass is 10.2. The molecule has 40 heavy (non-hydrogen) atoms. The summed E-state index contributed by atoms with van der Waals surface area (Å²) in [5.41, 5.74) is 3.64. The van der Waals surface area contributed by atoms with Crippen molar-refractivity contribution < 1.29 is 14.4 Å². The molecule has 0 saturated carbocycles. The number of fused-ring (bicyclic) bond motifs is 1. The quantitative estimate of drug-likeness (QED) is 0.332. The van der Waals surface area contributed by atoms with Crippen LogP contribution in [0.25, 0.3) is 16.6 Å². The smallest absolute Gasteiger partial charge is 0.268 e. The van der Waals surface area contributed by atoms with E-state index in [4.69, 9.17) is 4.98 Å². The largest absolute Gasteiger partial charge is 0.376 e. The number of nitrogens with one attached hydrogen (secondary N) is 2. The number of carbonyl (C=O) groups is 3. The molecule has 0 unspecified atom stereocenters. The van der Waals surface area contributed by atoms with E-state index in [-0.39, 0.29) is 24.1 Å². The van der Waals surface area contributed by atoms with Crippen molar-refractivity contribution in [1.29, 1.82) is 0 Å². The maximum Gasteiger partial charge on any atom is 0.268 e. The second-order valence-corrected chi connectivity index (χ2v) is 10.5. The van der Waals surface area contributed by atoms with Crippen molar-refractivity contribution in [3.05, 3.63) is 94.3 Å². The number of allylic oxidation sites excluding steroid dienone is 2. The van der Waals surface area contributed by atoms with Crippen LogP contribution in [0.15, 0.2) is 79.0 Å². The molecule has 4 aromatic rings. The molecule has 0 fully saturated rings. The zero-order valence-electron chi connectivity index (χ0n) is 22.5. The first kappa shape index (κ1) is 26.9. The lowest BCUT2D eigenvalue weighted by Gasteiger charge is -2.17. The van der Waals surface area contributed by atoms with Gasteiger partial charge in [0.15, 0.2) is 0 Å². The lowest BCUT2D eigenvalue weighted by Crippen LogP contribution is -2.26. The van der Waals surface area contributed by atoms with Crippen LogP contribution < -0.4 is 15.5 Å². The Kier molecular flexibility index (Phi) is 7.79. The number of thiophene rings is 1. The standard InChI is InChI=1S/C30H30N6O3S/c1-31-27(37)15-17-36-24-12-11-22(35(3)29(39)20-8-5-4-6-9-20)18-23(24)32-30(36)33-28(38)26-14-13-25(40-26)21-10-7-16-34(2)19-21/h4-14,18-19H,15-17H2,1-3H3,(H,31,37)(H,32,33,38). The molecule has 0 bridgehead atoms. The van der Waals surface area contributed by atoms with Crippen LogP contribution in [0.1, 0.15) is 31.3 Å². The molecule has 0 atom stereocenters. The number of imidazole rings is 1. The van der Waals surface area contributed by atoms with Crippen LogP contribution in [0, 0.1) is 0 Å². The van der Waals surface area contributed by atoms with Gasteiger partial charge in [0.25, 0.3) is 11.8 Å². The van der Waals surface area contributed by atoms with Crippen LogP contribution in [0.4, 0.5) is 11.6 Å². The van der Waals surface area contributed by atoms with Crippen LogP contribution in [0.5, 0.6) is 0 Å². The number of aryl methyl sites for hydroxylation is 1. The van der Waals surface area contributed by atoms with Gasteiger partial charge in [-0.2, -0.15) is 0 Å². The molecule has 0 saturated heterocycles. The number of anilines is 2. The Morgan fingerprint density at radius 3 is 2.62 bits per heavy atom. The predicted octanol–water partition coefficient (Wildman–Crippen LogP) is 4.61. The maximum absolute atomic E-state index is 13.3. The highest BCUT2D eigenvalue weighted by Crippen LogP contribution is 2.29. The molecule has 3 amide bonds. The van der Waals surface area contributed by atoms with E-state index >= 15 is 0 Å². The van der Waals surface area contributed by atoms with Crippen LogP contribution in [0.2, 0.25) is 0 Å². The summed E-state index contributed by atoms with van der Waals surface area (Å²) in [7, 11) is 5.31. The zero-order valence-corrected chi connectivity index (χ0v) is 23.4. The second-order valence-electron chi connectivity index (χ2n) is 9.46. The molecule has 2 aromatic heterocycles. The van der Waals surface area contributed by atoms with Crippen LogP contribution in [-0.2, 0) is 11.3 Å². The van der Waals surface area contributed by atoms with E-state index in [9.17, 15) is 14.4 Å². The number of hydrogen-bond donors (Lipinski definition) is 2. The van der Waals surface area contributed by atoms with E-state index in [2.05, 4.69) is 33.9 Å². The van der Waals surface area contributed by atoms with Gasteiger partial charge in [-0.05, 0) is 42.5 Å². The average Bonchev–Trinajstić information content (AvgIpc) is 3.60. The van der Waals surface area contributed by atoms with Gasteiger partial charge in [-0.1, -0.05) is 30.4 Å². The molecule has 204 valence electrons. The summed E-state index contributed by atoms with van der Waals surface area (Å²) < 4.78 is 1.82. The summed E-state index contributed by atoms with van der Waals surface area (Å²) in [4.78, 5) is 48.2. The Morgan fingerprint density at radius 1 is 1.07 bits per heavy atom. The molecule has 1 aliphatic rings. The number of hydrogen-bond acceptors (Lipinski definition) is 6. The zero-order chi connectivity index (χ0) is 28.2. The highest BCUT2D eigenvalue weighted by molar-refractivity contribution is 7.15. The molecule has 3 heterocycles. The van der Waals surface area contributed by atoms with Crippen LogP contribution in [-0.4, -0.2) is 59.9 Å². The minimum Gasteiger partial charge on any atom is -0.376 e. The van der Waals surface area contributed by atoms with Crippen molar-refractivity contribution in [1.82, 2.24) is 19.8 Å². The summed E-state index contributed by atoms with van der Waals surface area (Å²) in [6.07, 6.45) is 6.42. The molecular weight excluding hydrogens is 524 g/mol. The number of aromatic nitrogens is 2. The summed E-state index contributed by atoms with van der Waals surface area (Å²) in [5, 5.41) is 5.58. The van der Waals surface area contributed by atoms with Crippen molar-refractivity contribution in [2.24, 2.45) is 0 Å². The van der Waals surface area contributed by atoms with E-state index in [0.29, 0.717) is 34.1 Å². The Morgan fingerprint density at radius 2 is 1.88 bits per heavy atom. The lowest BCUT2D eigenvalue weighted by molar-refractivity contribution is -0.120. The van der Waals surface area contributed by atoms with Crippen molar-refractivity contribution in [3.63, 3.8) is 0 Å². The molecule has 5 rings (SSSR count). The van der Waals surface area contributed by atoms with E-state index in [1.54, 1.807) is 37.2 Å². The molecule has 9 nitrogen and oxygen atoms in total. The highest BCUT2D eigenvalue weighted by Gasteiger charge is 2.20. The Labute approximate surface area is 236 Å². The van der Waals surface area contributed by atoms with Gasteiger partial charge in [-0.3, -0.25) is 19.7 Å². The van der Waals surface area contributed by atoms with E-state index < -0.39 is 0 Å². The van der Waals surface area contributed by atoms with E-state index in [1.165, 1.54) is 11.3 Å². The third-order valence-electron chi connectivity index (χ3n) is 6.68. The first-order valence-corrected chi connectivity index (χ1v) is 13.7. The molecule has 1 aliphatic heterocycles. The van der Waals surface area contributed by atoms with E-state index in [0.717, 1.165) is 22.5 Å². The fourth-order valence-electron chi connectivity index (χ4n) is 4.48. The van der Waals surface area contributed by atoms with Gasteiger partial charge in [-0.25, -0.2) is 4.98 Å². The fraction of sp³-hybridized carbons (Fsp3) is 0.200. The minimum absolute atomic E-state index is 0.120. The summed E-state index contributed by atoms with van der Waals surface area (Å²) in [6.45, 7) is 1.18. The Balaban J connectivity index is 1.43. The summed E-state index contributed by atoms with van der Waals surface area (Å²) >= 11 is 1.41. The van der Waals surface area contributed by atoms with Crippen molar-refractivity contribution in [2.45, 2.75) is 13.0 Å². The Bertz CT molecular complexity index is 1640. The van der Waals surface area contributed by atoms with Gasteiger partial charge in [0.1, 0.15) is 0 Å². The fourth-order valence-corrected chi connectivity index (χ4v) is 5.37. The van der Waals surface area contributed by atoms with Crippen molar-refractivity contribution in [3.8, 4) is 0 Å². The van der Waals surface area contributed by atoms with Gasteiger partial charge >= 0.3 is 0 Å². The first-order valence-electron chi connectivity index (χ1n) is 12.9. The molecule has 10 heteroatoms. The molecule has 0 spiro atoms. The predicted molar refractivity (Wildman–Crippen MR) is 160 cm³/mol. The molecular formula is C30H30N6O3S. The SMILES string of the molecule is CNC(=O)CCn1c(NC(=O)c2ccc(C3=CN(C)CC=C3)s2)nc2cc(N(C)C(=O)c3ccccc3)ccc21. The number of likely N-dealkylation sites (N-methyl/N-ethyl adjacent to an activating group) is 1. The monoisotopic (exact) mass is 554 g/mol. The normalized spacial score (nSPS) is 12.8. The maximum atomic E-state index is 13.3. The Hall–Kier alpha value is -4.70. The van der Waals surface area contributed by atoms with Crippen molar-refractivity contribution in [2.75, 3.05) is 37.9 Å². The summed E-state index contributed by atoms with van der Waals surface area (Å²) in [5.74, 6) is -0.205. The third-order valence-corrected chi connectivity index (χ3v) is 7.81. The van der Waals surface area contributed by atoms with Crippen LogP contribution >= 0.6 is 11.3 Å². The molecule has 0 radical (unpaired) electrons. The third kappa shape index (κ3) is 5.67. The van der Waals surface area contributed by atoms with Gasteiger partial charge in [0.2, 0.25) is 11.9 Å². The number of rotatable bonds is 8. The van der Waals surface area contributed by atoms with Crippen molar-refractivity contribution >= 4 is 57.3 Å². The van der Waals surface area contributed by atoms with Gasteiger partial charge in [0.05, 0.1) is 15.9 Å². The molecule has 2 aromatic carbocycles.